The standard InChI is InChI=1S/C19H27NO2S/c1-7-20(8-2)12-15-10-17(14(4)23-15)16-11-19(22-6)18(21-5)9-13(16)3/h9-11H,7-8,12H2,1-6H3. The van der Waals surface area contributed by atoms with Gasteiger partial charge in [0.15, 0.2) is 11.5 Å². The van der Waals surface area contributed by atoms with Crippen LogP contribution in [0.5, 0.6) is 11.5 Å². The molecule has 2 rings (SSSR count). The molecule has 0 aliphatic heterocycles. The van der Waals surface area contributed by atoms with Gasteiger partial charge in [-0.2, -0.15) is 0 Å². The number of thiophene rings is 1. The molecule has 23 heavy (non-hydrogen) atoms. The molecule has 0 saturated heterocycles. The summed E-state index contributed by atoms with van der Waals surface area (Å²) in [5, 5.41) is 0. The second-order valence-corrected chi connectivity index (χ2v) is 7.01. The molecular weight excluding hydrogens is 306 g/mol. The van der Waals surface area contributed by atoms with Crippen LogP contribution in [0.4, 0.5) is 0 Å². The van der Waals surface area contributed by atoms with E-state index in [0.717, 1.165) is 31.1 Å². The second kappa shape index (κ2) is 7.84. The van der Waals surface area contributed by atoms with E-state index in [2.05, 4.69) is 50.8 Å². The van der Waals surface area contributed by atoms with Gasteiger partial charge in [-0.05, 0) is 61.8 Å². The molecule has 2 aromatic rings. The normalized spacial score (nSPS) is 11.1. The Bertz CT molecular complexity index is 660. The molecule has 1 aromatic carbocycles. The van der Waals surface area contributed by atoms with Crippen molar-refractivity contribution in [3.05, 3.63) is 33.5 Å². The number of rotatable bonds is 7. The Balaban J connectivity index is 2.40. The van der Waals surface area contributed by atoms with E-state index in [-0.39, 0.29) is 0 Å². The average Bonchev–Trinajstić information content (AvgIpc) is 2.92. The van der Waals surface area contributed by atoms with Crippen molar-refractivity contribution in [1.29, 1.82) is 0 Å². The third kappa shape index (κ3) is 3.88. The van der Waals surface area contributed by atoms with Crippen molar-refractivity contribution < 1.29 is 9.47 Å². The third-order valence-electron chi connectivity index (χ3n) is 4.26. The summed E-state index contributed by atoms with van der Waals surface area (Å²) in [6.07, 6.45) is 0. The first kappa shape index (κ1) is 17.8. The van der Waals surface area contributed by atoms with Gasteiger partial charge in [0, 0.05) is 16.3 Å². The van der Waals surface area contributed by atoms with Crippen LogP contribution in [0.1, 0.15) is 29.2 Å². The van der Waals surface area contributed by atoms with Gasteiger partial charge >= 0.3 is 0 Å². The average molecular weight is 333 g/mol. The van der Waals surface area contributed by atoms with E-state index >= 15 is 0 Å². The maximum Gasteiger partial charge on any atom is 0.161 e. The number of hydrogen-bond acceptors (Lipinski definition) is 4. The zero-order valence-corrected chi connectivity index (χ0v) is 15.8. The monoisotopic (exact) mass is 333 g/mol. The predicted molar refractivity (Wildman–Crippen MR) is 99.0 cm³/mol. The molecule has 0 bridgehead atoms. The van der Waals surface area contributed by atoms with Crippen molar-refractivity contribution in [2.24, 2.45) is 0 Å². The van der Waals surface area contributed by atoms with Gasteiger partial charge in [0.2, 0.25) is 0 Å². The molecule has 0 radical (unpaired) electrons. The van der Waals surface area contributed by atoms with E-state index in [9.17, 15) is 0 Å². The highest BCUT2D eigenvalue weighted by Crippen LogP contribution is 2.39. The van der Waals surface area contributed by atoms with Crippen LogP contribution in [0.2, 0.25) is 0 Å². The Hall–Kier alpha value is -1.52. The van der Waals surface area contributed by atoms with Gasteiger partial charge in [0.05, 0.1) is 14.2 Å². The molecule has 0 spiro atoms. The lowest BCUT2D eigenvalue weighted by Gasteiger charge is -2.16. The summed E-state index contributed by atoms with van der Waals surface area (Å²) >= 11 is 1.89. The topological polar surface area (TPSA) is 21.7 Å². The fourth-order valence-electron chi connectivity index (χ4n) is 2.83. The van der Waals surface area contributed by atoms with E-state index in [4.69, 9.17) is 9.47 Å². The molecule has 0 unspecified atom stereocenters. The fourth-order valence-corrected chi connectivity index (χ4v) is 3.92. The lowest BCUT2D eigenvalue weighted by molar-refractivity contribution is 0.298. The van der Waals surface area contributed by atoms with E-state index in [0.29, 0.717) is 0 Å². The minimum Gasteiger partial charge on any atom is -0.493 e. The summed E-state index contributed by atoms with van der Waals surface area (Å²) in [6.45, 7) is 11.9. The van der Waals surface area contributed by atoms with Gasteiger partial charge in [-0.3, -0.25) is 4.90 Å². The van der Waals surface area contributed by atoms with Gasteiger partial charge in [0.25, 0.3) is 0 Å². The van der Waals surface area contributed by atoms with Gasteiger partial charge in [-0.1, -0.05) is 13.8 Å². The Labute approximate surface area is 143 Å². The zero-order chi connectivity index (χ0) is 17.0. The minimum absolute atomic E-state index is 0.781. The molecule has 0 amide bonds. The van der Waals surface area contributed by atoms with Gasteiger partial charge < -0.3 is 9.47 Å². The van der Waals surface area contributed by atoms with Crippen LogP contribution >= 0.6 is 11.3 Å². The number of benzene rings is 1. The fraction of sp³-hybridized carbons (Fsp3) is 0.474. The van der Waals surface area contributed by atoms with Crippen LogP contribution < -0.4 is 9.47 Å². The third-order valence-corrected chi connectivity index (χ3v) is 5.30. The Morgan fingerprint density at radius 3 is 2.09 bits per heavy atom. The molecule has 0 atom stereocenters. The Morgan fingerprint density at radius 1 is 0.913 bits per heavy atom. The number of methoxy groups -OCH3 is 2. The quantitative estimate of drug-likeness (QED) is 0.720. The van der Waals surface area contributed by atoms with Crippen molar-refractivity contribution >= 4 is 11.3 Å². The van der Waals surface area contributed by atoms with Crippen molar-refractivity contribution in [1.82, 2.24) is 4.90 Å². The van der Waals surface area contributed by atoms with Crippen molar-refractivity contribution in [2.45, 2.75) is 34.2 Å². The maximum atomic E-state index is 5.47. The predicted octanol–water partition coefficient (Wildman–Crippen LogP) is 4.89. The number of aryl methyl sites for hydroxylation is 2. The van der Waals surface area contributed by atoms with Crippen LogP contribution in [-0.4, -0.2) is 32.2 Å². The highest BCUT2D eigenvalue weighted by atomic mass is 32.1. The number of hydrogen-bond donors (Lipinski definition) is 0. The van der Waals surface area contributed by atoms with Crippen LogP contribution in [0.25, 0.3) is 11.1 Å². The van der Waals surface area contributed by atoms with Crippen molar-refractivity contribution in [2.75, 3.05) is 27.3 Å². The first-order valence-corrected chi connectivity index (χ1v) is 8.90. The highest BCUT2D eigenvalue weighted by molar-refractivity contribution is 7.12. The SMILES string of the molecule is CCN(CC)Cc1cc(-c2cc(OC)c(OC)cc2C)c(C)s1. The van der Waals surface area contributed by atoms with Crippen molar-refractivity contribution in [3.8, 4) is 22.6 Å². The van der Waals surface area contributed by atoms with Crippen LogP contribution in [0.3, 0.4) is 0 Å². The summed E-state index contributed by atoms with van der Waals surface area (Å²) in [5.41, 5.74) is 3.73. The molecule has 1 heterocycles. The summed E-state index contributed by atoms with van der Waals surface area (Å²) in [5.74, 6) is 1.56. The first-order chi connectivity index (χ1) is 11.0. The van der Waals surface area contributed by atoms with Crippen LogP contribution in [0, 0.1) is 13.8 Å². The van der Waals surface area contributed by atoms with E-state index in [1.165, 1.54) is 26.4 Å². The Morgan fingerprint density at radius 2 is 1.52 bits per heavy atom. The van der Waals surface area contributed by atoms with E-state index in [1.54, 1.807) is 14.2 Å². The lowest BCUT2D eigenvalue weighted by Crippen LogP contribution is -2.21. The summed E-state index contributed by atoms with van der Waals surface area (Å²) in [6, 6.07) is 6.46. The molecule has 0 aliphatic rings. The molecule has 0 N–H and O–H groups in total. The molecule has 3 nitrogen and oxygen atoms in total. The molecule has 126 valence electrons. The van der Waals surface area contributed by atoms with Crippen LogP contribution in [0.15, 0.2) is 18.2 Å². The number of ether oxygens (including phenoxy) is 2. The Kier molecular flexibility index (Phi) is 6.08. The second-order valence-electron chi connectivity index (χ2n) is 5.67. The maximum absolute atomic E-state index is 5.47. The molecular formula is C19H27NO2S. The van der Waals surface area contributed by atoms with E-state index in [1.807, 2.05) is 11.3 Å². The molecule has 4 heteroatoms. The van der Waals surface area contributed by atoms with Gasteiger partial charge in [-0.25, -0.2) is 0 Å². The molecule has 0 saturated carbocycles. The lowest BCUT2D eigenvalue weighted by atomic mass is 10.00. The van der Waals surface area contributed by atoms with Crippen LogP contribution in [-0.2, 0) is 6.54 Å². The largest absolute Gasteiger partial charge is 0.493 e. The van der Waals surface area contributed by atoms with Gasteiger partial charge in [0.1, 0.15) is 0 Å². The smallest absolute Gasteiger partial charge is 0.161 e. The molecule has 0 aliphatic carbocycles. The van der Waals surface area contributed by atoms with Gasteiger partial charge in [-0.15, -0.1) is 11.3 Å². The summed E-state index contributed by atoms with van der Waals surface area (Å²) in [4.78, 5) is 5.20. The van der Waals surface area contributed by atoms with E-state index < -0.39 is 0 Å². The first-order valence-electron chi connectivity index (χ1n) is 8.08. The summed E-state index contributed by atoms with van der Waals surface area (Å²) in [7, 11) is 3.36. The molecule has 1 aromatic heterocycles. The number of nitrogens with zero attached hydrogens (tertiary/aromatic N) is 1. The zero-order valence-electron chi connectivity index (χ0n) is 15.0. The minimum atomic E-state index is 0.781. The molecule has 0 fully saturated rings. The van der Waals surface area contributed by atoms with Crippen molar-refractivity contribution in [3.63, 3.8) is 0 Å². The summed E-state index contributed by atoms with van der Waals surface area (Å²) < 4.78 is 10.9. The highest BCUT2D eigenvalue weighted by Gasteiger charge is 2.15.